The Morgan fingerprint density at radius 3 is 2.58 bits per heavy atom. The van der Waals surface area contributed by atoms with Gasteiger partial charge in [0.15, 0.2) is 11.5 Å². The van der Waals surface area contributed by atoms with Gasteiger partial charge in [-0.1, -0.05) is 13.3 Å². The van der Waals surface area contributed by atoms with Crippen molar-refractivity contribution in [1.82, 2.24) is 5.32 Å². The Morgan fingerprint density at radius 2 is 1.84 bits per heavy atom. The average Bonchev–Trinajstić information content (AvgIpc) is 2.73. The van der Waals surface area contributed by atoms with Crippen LogP contribution >= 0.6 is 0 Å². The van der Waals surface area contributed by atoms with E-state index >= 15 is 0 Å². The van der Waals surface area contributed by atoms with Gasteiger partial charge in [-0.2, -0.15) is 0 Å². The number of hydrogen-bond donors (Lipinski definition) is 1. The Balaban J connectivity index is 1.99. The Bertz CT molecular complexity index is 458. The Morgan fingerprint density at radius 1 is 1.11 bits per heavy atom. The molecular weight excluding hydrogens is 238 g/mol. The molecule has 0 aromatic heterocycles. The van der Waals surface area contributed by atoms with Gasteiger partial charge in [0.1, 0.15) is 0 Å². The molecule has 0 amide bonds. The molecule has 0 spiro atoms. The molecule has 0 fully saturated rings. The first-order chi connectivity index (χ1) is 9.28. The number of aryl methyl sites for hydroxylation is 1. The fourth-order valence-corrected chi connectivity index (χ4v) is 3.02. The van der Waals surface area contributed by atoms with E-state index in [4.69, 9.17) is 9.47 Å². The number of fused-ring (bicyclic) bond motifs is 2. The minimum Gasteiger partial charge on any atom is -0.489 e. The van der Waals surface area contributed by atoms with E-state index < -0.39 is 0 Å². The summed E-state index contributed by atoms with van der Waals surface area (Å²) >= 11 is 0. The zero-order valence-corrected chi connectivity index (χ0v) is 11.9. The van der Waals surface area contributed by atoms with Gasteiger partial charge in [0.05, 0.1) is 13.2 Å². The van der Waals surface area contributed by atoms with Gasteiger partial charge < -0.3 is 14.8 Å². The monoisotopic (exact) mass is 261 g/mol. The second-order valence-electron chi connectivity index (χ2n) is 5.81. The lowest BCUT2D eigenvalue weighted by atomic mass is 9.98. The number of hydrogen-bond acceptors (Lipinski definition) is 3. The molecule has 1 aromatic carbocycles. The minimum atomic E-state index is 0.451. The summed E-state index contributed by atoms with van der Waals surface area (Å²) in [4.78, 5) is 0. The summed E-state index contributed by atoms with van der Waals surface area (Å²) in [7, 11) is 2.05. The molecule has 1 aliphatic heterocycles. The Kier molecular flexibility index (Phi) is 3.65. The predicted molar refractivity (Wildman–Crippen MR) is 76.0 cm³/mol. The molecule has 0 saturated heterocycles. The quantitative estimate of drug-likeness (QED) is 0.788. The third kappa shape index (κ3) is 2.57. The summed E-state index contributed by atoms with van der Waals surface area (Å²) in [6, 6.07) is 4.86. The maximum Gasteiger partial charge on any atom is 0.161 e. The molecule has 3 rings (SSSR count). The van der Waals surface area contributed by atoms with Gasteiger partial charge in [0.25, 0.3) is 0 Å². The second kappa shape index (κ2) is 5.41. The van der Waals surface area contributed by atoms with Crippen molar-refractivity contribution >= 4 is 0 Å². The molecule has 0 saturated carbocycles. The maximum absolute atomic E-state index is 5.91. The van der Waals surface area contributed by atoms with Gasteiger partial charge in [-0.05, 0) is 49.6 Å². The van der Waals surface area contributed by atoms with Crippen molar-refractivity contribution in [2.75, 3.05) is 20.3 Å². The van der Waals surface area contributed by atoms with Crippen LogP contribution < -0.4 is 14.8 Å². The highest BCUT2D eigenvalue weighted by Crippen LogP contribution is 2.38. The maximum atomic E-state index is 5.91. The molecule has 1 aromatic rings. The summed E-state index contributed by atoms with van der Waals surface area (Å²) in [5, 5.41) is 3.43. The highest BCUT2D eigenvalue weighted by atomic mass is 16.5. The molecule has 2 aliphatic rings. The van der Waals surface area contributed by atoms with Crippen LogP contribution in [0.15, 0.2) is 12.1 Å². The van der Waals surface area contributed by atoms with E-state index in [-0.39, 0.29) is 0 Å². The van der Waals surface area contributed by atoms with Crippen LogP contribution in [-0.4, -0.2) is 20.3 Å². The second-order valence-corrected chi connectivity index (χ2v) is 5.81. The molecule has 0 bridgehead atoms. The van der Waals surface area contributed by atoms with Crippen molar-refractivity contribution in [2.24, 2.45) is 5.92 Å². The summed E-state index contributed by atoms with van der Waals surface area (Å²) in [5.74, 6) is 2.30. The van der Waals surface area contributed by atoms with E-state index in [2.05, 4.69) is 24.4 Å². The predicted octanol–water partition coefficient (Wildman–Crippen LogP) is 3.08. The van der Waals surface area contributed by atoms with Crippen molar-refractivity contribution in [2.45, 2.75) is 38.6 Å². The minimum absolute atomic E-state index is 0.451. The van der Waals surface area contributed by atoms with Crippen LogP contribution in [0, 0.1) is 5.92 Å². The van der Waals surface area contributed by atoms with E-state index in [0.29, 0.717) is 12.0 Å². The zero-order chi connectivity index (χ0) is 13.2. The first-order valence-corrected chi connectivity index (χ1v) is 7.37. The molecule has 19 heavy (non-hydrogen) atoms. The first-order valence-electron chi connectivity index (χ1n) is 7.37. The van der Waals surface area contributed by atoms with Gasteiger partial charge in [0.2, 0.25) is 0 Å². The summed E-state index contributed by atoms with van der Waals surface area (Å²) in [6.07, 6.45) is 4.91. The van der Waals surface area contributed by atoms with Crippen molar-refractivity contribution in [3.05, 3.63) is 23.3 Å². The number of nitrogens with one attached hydrogen (secondary N) is 1. The zero-order valence-electron chi connectivity index (χ0n) is 11.9. The first kappa shape index (κ1) is 12.8. The third-order valence-corrected chi connectivity index (χ3v) is 4.17. The molecule has 1 N–H and O–H groups in total. The van der Waals surface area contributed by atoms with Crippen LogP contribution in [0.1, 0.15) is 43.4 Å². The highest BCUT2D eigenvalue weighted by molar-refractivity contribution is 5.49. The van der Waals surface area contributed by atoms with Crippen LogP contribution in [0.3, 0.4) is 0 Å². The van der Waals surface area contributed by atoms with E-state index in [1.165, 1.54) is 30.4 Å². The number of benzene rings is 1. The highest BCUT2D eigenvalue weighted by Gasteiger charge is 2.22. The van der Waals surface area contributed by atoms with Gasteiger partial charge in [-0.3, -0.25) is 0 Å². The van der Waals surface area contributed by atoms with E-state index in [1.54, 1.807) is 0 Å². The standard InChI is InChI=1S/C16H23NO2/c1-11-9-18-15-7-12-5-3-4-6-14(17-2)13(12)8-16(15)19-10-11/h7-8,11,14,17H,3-6,9-10H2,1-2H3. The van der Waals surface area contributed by atoms with Gasteiger partial charge in [0, 0.05) is 12.0 Å². The fraction of sp³-hybridized carbons (Fsp3) is 0.625. The van der Waals surface area contributed by atoms with Crippen LogP contribution in [0.2, 0.25) is 0 Å². The lowest BCUT2D eigenvalue weighted by Gasteiger charge is -2.19. The summed E-state index contributed by atoms with van der Waals surface area (Å²) < 4.78 is 11.8. The van der Waals surface area contributed by atoms with E-state index in [0.717, 1.165) is 31.1 Å². The topological polar surface area (TPSA) is 30.5 Å². The van der Waals surface area contributed by atoms with Crippen molar-refractivity contribution in [3.8, 4) is 11.5 Å². The van der Waals surface area contributed by atoms with E-state index in [1.807, 2.05) is 7.05 Å². The molecule has 3 nitrogen and oxygen atoms in total. The average molecular weight is 261 g/mol. The fourth-order valence-electron chi connectivity index (χ4n) is 3.02. The molecule has 3 heteroatoms. The number of ether oxygens (including phenoxy) is 2. The van der Waals surface area contributed by atoms with Crippen molar-refractivity contribution in [1.29, 1.82) is 0 Å². The van der Waals surface area contributed by atoms with Crippen LogP contribution in [0.5, 0.6) is 11.5 Å². The van der Waals surface area contributed by atoms with Crippen molar-refractivity contribution in [3.63, 3.8) is 0 Å². The molecule has 1 aliphatic carbocycles. The van der Waals surface area contributed by atoms with Crippen LogP contribution in [0.25, 0.3) is 0 Å². The van der Waals surface area contributed by atoms with Crippen molar-refractivity contribution < 1.29 is 9.47 Å². The molecule has 2 unspecified atom stereocenters. The van der Waals surface area contributed by atoms with Crippen LogP contribution in [0.4, 0.5) is 0 Å². The van der Waals surface area contributed by atoms with Gasteiger partial charge in [-0.15, -0.1) is 0 Å². The summed E-state index contributed by atoms with van der Waals surface area (Å²) in [6.45, 7) is 3.66. The van der Waals surface area contributed by atoms with Gasteiger partial charge >= 0.3 is 0 Å². The number of rotatable bonds is 1. The van der Waals surface area contributed by atoms with Gasteiger partial charge in [-0.25, -0.2) is 0 Å². The smallest absolute Gasteiger partial charge is 0.161 e. The molecule has 1 heterocycles. The lowest BCUT2D eigenvalue weighted by Crippen LogP contribution is -2.16. The molecule has 104 valence electrons. The third-order valence-electron chi connectivity index (χ3n) is 4.17. The molecular formula is C16H23NO2. The molecule has 2 atom stereocenters. The largest absolute Gasteiger partial charge is 0.489 e. The van der Waals surface area contributed by atoms with Crippen LogP contribution in [-0.2, 0) is 6.42 Å². The summed E-state index contributed by atoms with van der Waals surface area (Å²) in [5.41, 5.74) is 2.82. The van der Waals surface area contributed by atoms with E-state index in [9.17, 15) is 0 Å². The molecule has 0 radical (unpaired) electrons. The Hall–Kier alpha value is -1.22. The SMILES string of the molecule is CNC1CCCCc2cc3c(cc21)OCC(C)CO3. The normalized spacial score (nSPS) is 26.2. The Labute approximate surface area is 115 Å². The lowest BCUT2D eigenvalue weighted by molar-refractivity contribution is 0.228.